The molecule has 6 heteroatoms. The van der Waals surface area contributed by atoms with E-state index in [4.69, 9.17) is 5.11 Å². The Morgan fingerprint density at radius 1 is 1.42 bits per heavy atom. The fourth-order valence-corrected chi connectivity index (χ4v) is 0.841. The van der Waals surface area contributed by atoms with E-state index in [0.29, 0.717) is 0 Å². The Morgan fingerprint density at radius 3 is 2.33 bits per heavy atom. The first-order chi connectivity index (χ1) is 5.47. The number of hydrogen-bond acceptors (Lipinski definition) is 4. The van der Waals surface area contributed by atoms with E-state index in [9.17, 15) is 15.0 Å². The van der Waals surface area contributed by atoms with Gasteiger partial charge in [0.2, 0.25) is 11.7 Å². The monoisotopic (exact) mass is 174 g/mol. The number of hydrogen-bond donors (Lipinski definition) is 5. The van der Waals surface area contributed by atoms with Gasteiger partial charge in [-0.1, -0.05) is 6.92 Å². The number of aliphatic hydroxyl groups is 2. The van der Waals surface area contributed by atoms with Gasteiger partial charge in [-0.2, -0.15) is 0 Å². The third kappa shape index (κ3) is 1.34. The SMILES string of the molecule is CCC(O)(O)c1[nH]c(=O)[nH]c1O. The van der Waals surface area contributed by atoms with Crippen molar-refractivity contribution in [3.05, 3.63) is 16.2 Å². The van der Waals surface area contributed by atoms with E-state index < -0.39 is 17.4 Å². The largest absolute Gasteiger partial charge is 0.493 e. The Bertz CT molecular complexity index is 325. The van der Waals surface area contributed by atoms with Gasteiger partial charge in [0.25, 0.3) is 0 Å². The molecule has 0 aromatic carbocycles. The normalized spacial score (nSPS) is 11.9. The molecule has 5 N–H and O–H groups in total. The molecule has 0 spiro atoms. The van der Waals surface area contributed by atoms with E-state index in [1.807, 2.05) is 4.98 Å². The van der Waals surface area contributed by atoms with Crippen LogP contribution in [0.25, 0.3) is 0 Å². The number of aromatic hydroxyl groups is 1. The summed E-state index contributed by atoms with van der Waals surface area (Å²) >= 11 is 0. The Hall–Kier alpha value is -1.27. The van der Waals surface area contributed by atoms with Crippen LogP contribution in [-0.2, 0) is 5.79 Å². The standard InChI is InChI=1S/C6H10N2O4/c1-2-6(11,12)3-4(9)8-5(10)7-3/h9,11-12H,2H2,1H3,(H2,7,8,10). The van der Waals surface area contributed by atoms with Crippen molar-refractivity contribution in [2.75, 3.05) is 0 Å². The summed E-state index contributed by atoms with van der Waals surface area (Å²) in [5, 5.41) is 27.4. The molecule has 1 rings (SSSR count). The second-order valence-corrected chi connectivity index (χ2v) is 2.47. The Labute approximate surface area is 67.5 Å². The highest BCUT2D eigenvalue weighted by Gasteiger charge is 2.29. The summed E-state index contributed by atoms with van der Waals surface area (Å²) in [4.78, 5) is 14.6. The summed E-state index contributed by atoms with van der Waals surface area (Å²) in [5.41, 5.74) is -0.988. The van der Waals surface area contributed by atoms with Crippen molar-refractivity contribution < 1.29 is 15.3 Å². The van der Waals surface area contributed by atoms with Gasteiger partial charge < -0.3 is 20.3 Å². The van der Waals surface area contributed by atoms with Crippen LogP contribution < -0.4 is 5.69 Å². The highest BCUT2D eigenvalue weighted by Crippen LogP contribution is 2.24. The van der Waals surface area contributed by atoms with Crippen LogP contribution in [0.4, 0.5) is 0 Å². The van der Waals surface area contributed by atoms with Crippen molar-refractivity contribution in [1.29, 1.82) is 0 Å². The van der Waals surface area contributed by atoms with Crippen LogP contribution in [0, 0.1) is 0 Å². The zero-order valence-corrected chi connectivity index (χ0v) is 6.46. The van der Waals surface area contributed by atoms with Gasteiger partial charge in [0.1, 0.15) is 5.69 Å². The highest BCUT2D eigenvalue weighted by molar-refractivity contribution is 5.20. The van der Waals surface area contributed by atoms with E-state index in [0.717, 1.165) is 0 Å². The Balaban J connectivity index is 3.18. The summed E-state index contributed by atoms with van der Waals surface area (Å²) in [6, 6.07) is 0. The number of aromatic amines is 2. The van der Waals surface area contributed by atoms with Crippen LogP contribution in [-0.4, -0.2) is 25.3 Å². The van der Waals surface area contributed by atoms with Crippen LogP contribution >= 0.6 is 0 Å². The Morgan fingerprint density at radius 2 is 2.00 bits per heavy atom. The molecule has 0 fully saturated rings. The molecule has 0 aliphatic heterocycles. The topological polar surface area (TPSA) is 109 Å². The lowest BCUT2D eigenvalue weighted by Gasteiger charge is -2.17. The molecule has 12 heavy (non-hydrogen) atoms. The molecule has 1 heterocycles. The molecule has 0 saturated heterocycles. The second-order valence-electron chi connectivity index (χ2n) is 2.47. The van der Waals surface area contributed by atoms with E-state index in [1.165, 1.54) is 6.92 Å². The average Bonchev–Trinajstić information content (AvgIpc) is 2.31. The summed E-state index contributed by atoms with van der Waals surface area (Å²) in [6.07, 6.45) is -0.0334. The van der Waals surface area contributed by atoms with Gasteiger partial charge in [0, 0.05) is 6.42 Å². The van der Waals surface area contributed by atoms with Crippen molar-refractivity contribution in [2.24, 2.45) is 0 Å². The van der Waals surface area contributed by atoms with Crippen LogP contribution in [0.2, 0.25) is 0 Å². The van der Waals surface area contributed by atoms with Gasteiger partial charge in [0.05, 0.1) is 0 Å². The number of rotatable bonds is 2. The van der Waals surface area contributed by atoms with Crippen molar-refractivity contribution in [3.8, 4) is 5.88 Å². The molecule has 0 bridgehead atoms. The van der Waals surface area contributed by atoms with Gasteiger partial charge in [-0.05, 0) is 0 Å². The van der Waals surface area contributed by atoms with Crippen LogP contribution in [0.3, 0.4) is 0 Å². The van der Waals surface area contributed by atoms with Crippen molar-refractivity contribution >= 4 is 0 Å². The van der Waals surface area contributed by atoms with E-state index in [-0.39, 0.29) is 12.1 Å². The molecule has 1 aromatic heterocycles. The molecule has 1 aromatic rings. The smallest absolute Gasteiger partial charge is 0.326 e. The quantitative estimate of drug-likeness (QED) is 0.369. The molecule has 0 aliphatic carbocycles. The first-order valence-electron chi connectivity index (χ1n) is 3.44. The molecule has 0 aliphatic rings. The number of imidazole rings is 1. The molecule has 0 radical (unpaired) electrons. The van der Waals surface area contributed by atoms with Crippen molar-refractivity contribution in [2.45, 2.75) is 19.1 Å². The van der Waals surface area contributed by atoms with Crippen LogP contribution in [0.5, 0.6) is 5.88 Å². The fourth-order valence-electron chi connectivity index (χ4n) is 0.841. The molecular formula is C6H10N2O4. The van der Waals surface area contributed by atoms with Crippen LogP contribution in [0.15, 0.2) is 4.79 Å². The molecule has 0 amide bonds. The first kappa shape index (κ1) is 8.82. The van der Waals surface area contributed by atoms with Gasteiger partial charge in [0.15, 0.2) is 0 Å². The first-order valence-corrected chi connectivity index (χ1v) is 3.44. The van der Waals surface area contributed by atoms with Gasteiger partial charge in [-0.3, -0.25) is 4.98 Å². The van der Waals surface area contributed by atoms with E-state index in [2.05, 4.69) is 4.98 Å². The molecule has 0 unspecified atom stereocenters. The predicted octanol–water partition coefficient (Wildman–Crippen LogP) is -1.04. The van der Waals surface area contributed by atoms with Gasteiger partial charge >= 0.3 is 5.69 Å². The minimum absolute atomic E-state index is 0.0334. The molecule has 6 nitrogen and oxygen atoms in total. The number of aromatic nitrogens is 2. The maximum Gasteiger partial charge on any atom is 0.326 e. The zero-order valence-electron chi connectivity index (χ0n) is 6.46. The van der Waals surface area contributed by atoms with E-state index >= 15 is 0 Å². The fraction of sp³-hybridized carbons (Fsp3) is 0.500. The molecule has 0 saturated carbocycles. The van der Waals surface area contributed by atoms with Crippen LogP contribution in [0.1, 0.15) is 19.0 Å². The lowest BCUT2D eigenvalue weighted by molar-refractivity contribution is -0.175. The summed E-state index contributed by atoms with van der Waals surface area (Å²) in [5.74, 6) is -2.74. The molecular weight excluding hydrogens is 164 g/mol. The summed E-state index contributed by atoms with van der Waals surface area (Å²) in [6.45, 7) is 1.50. The minimum Gasteiger partial charge on any atom is -0.493 e. The minimum atomic E-state index is -2.19. The van der Waals surface area contributed by atoms with Crippen molar-refractivity contribution in [1.82, 2.24) is 9.97 Å². The highest BCUT2D eigenvalue weighted by atomic mass is 16.5. The van der Waals surface area contributed by atoms with E-state index in [1.54, 1.807) is 0 Å². The summed E-state index contributed by atoms with van der Waals surface area (Å²) < 4.78 is 0. The lowest BCUT2D eigenvalue weighted by Crippen LogP contribution is -2.25. The van der Waals surface area contributed by atoms with Gasteiger partial charge in [-0.15, -0.1) is 0 Å². The van der Waals surface area contributed by atoms with Gasteiger partial charge in [-0.25, -0.2) is 4.79 Å². The average molecular weight is 174 g/mol. The molecule has 0 atom stereocenters. The zero-order chi connectivity index (χ0) is 9.35. The second kappa shape index (κ2) is 2.65. The maximum absolute atomic E-state index is 10.6. The third-order valence-electron chi connectivity index (χ3n) is 1.60. The third-order valence-corrected chi connectivity index (χ3v) is 1.60. The molecule has 68 valence electrons. The number of nitrogens with one attached hydrogen (secondary N) is 2. The summed E-state index contributed by atoms with van der Waals surface area (Å²) in [7, 11) is 0. The number of H-pyrrole nitrogens is 2. The maximum atomic E-state index is 10.6. The Kier molecular flexibility index (Phi) is 1.95. The lowest BCUT2D eigenvalue weighted by atomic mass is 10.1. The predicted molar refractivity (Wildman–Crippen MR) is 39.5 cm³/mol. The van der Waals surface area contributed by atoms with Crippen molar-refractivity contribution in [3.63, 3.8) is 0 Å².